The molecule has 1 aliphatic rings. The third-order valence-corrected chi connectivity index (χ3v) is 3.41. The summed E-state index contributed by atoms with van der Waals surface area (Å²) in [5, 5.41) is 3.98. The molecule has 18 heavy (non-hydrogen) atoms. The Balaban J connectivity index is 2.10. The average Bonchev–Trinajstić information content (AvgIpc) is 2.94. The lowest BCUT2D eigenvalue weighted by Gasteiger charge is -2.12. The van der Waals surface area contributed by atoms with Gasteiger partial charge in [-0.1, -0.05) is 25.4 Å². The number of aromatic nitrogens is 2. The Morgan fingerprint density at radius 2 is 2.28 bits per heavy atom. The van der Waals surface area contributed by atoms with Gasteiger partial charge in [-0.25, -0.2) is 0 Å². The zero-order valence-corrected chi connectivity index (χ0v) is 11.2. The first-order chi connectivity index (χ1) is 8.61. The Kier molecular flexibility index (Phi) is 3.99. The van der Waals surface area contributed by atoms with Crippen LogP contribution in [0.3, 0.4) is 0 Å². The van der Waals surface area contributed by atoms with Gasteiger partial charge in [-0.3, -0.25) is 4.79 Å². The molecule has 0 saturated heterocycles. The summed E-state index contributed by atoms with van der Waals surface area (Å²) in [7, 11) is 1.43. The highest BCUT2D eigenvalue weighted by Gasteiger charge is 2.38. The van der Waals surface area contributed by atoms with E-state index in [1.54, 1.807) is 0 Å². The van der Waals surface area contributed by atoms with Gasteiger partial charge in [0.15, 0.2) is 5.82 Å². The zero-order valence-electron chi connectivity index (χ0n) is 11.2. The summed E-state index contributed by atoms with van der Waals surface area (Å²) < 4.78 is 10.1. The average molecular weight is 252 g/mol. The molecule has 1 aliphatic carbocycles. The Morgan fingerprint density at radius 1 is 1.50 bits per heavy atom. The van der Waals surface area contributed by atoms with Gasteiger partial charge in [0.05, 0.1) is 18.9 Å². The molecule has 0 unspecified atom stereocenters. The smallest absolute Gasteiger partial charge is 0.309 e. The van der Waals surface area contributed by atoms with Crippen LogP contribution in [-0.4, -0.2) is 23.2 Å². The first-order valence-electron chi connectivity index (χ1n) is 6.52. The molecule has 100 valence electrons. The summed E-state index contributed by atoms with van der Waals surface area (Å²) in [6.07, 6.45) is 3.58. The number of carbonyl (C=O) groups is 1. The first kappa shape index (κ1) is 13.1. The molecule has 0 radical (unpaired) electrons. The third-order valence-electron chi connectivity index (χ3n) is 3.41. The van der Waals surface area contributed by atoms with Crippen molar-refractivity contribution in [1.29, 1.82) is 0 Å². The van der Waals surface area contributed by atoms with Crippen LogP contribution in [0.15, 0.2) is 4.52 Å². The van der Waals surface area contributed by atoms with Crippen LogP contribution in [0.5, 0.6) is 0 Å². The van der Waals surface area contributed by atoms with Crippen LogP contribution in [0.4, 0.5) is 0 Å². The maximum Gasteiger partial charge on any atom is 0.309 e. The highest BCUT2D eigenvalue weighted by atomic mass is 16.5. The van der Waals surface area contributed by atoms with Gasteiger partial charge < -0.3 is 9.26 Å². The molecule has 2 rings (SSSR count). The van der Waals surface area contributed by atoms with Crippen molar-refractivity contribution in [2.45, 2.75) is 45.4 Å². The molecule has 0 amide bonds. The van der Waals surface area contributed by atoms with Crippen molar-refractivity contribution in [1.82, 2.24) is 10.1 Å². The van der Waals surface area contributed by atoms with Crippen LogP contribution < -0.4 is 0 Å². The molecule has 0 aromatic carbocycles. The van der Waals surface area contributed by atoms with Gasteiger partial charge in [-0.05, 0) is 18.8 Å². The Hall–Kier alpha value is -1.39. The summed E-state index contributed by atoms with van der Waals surface area (Å²) in [4.78, 5) is 16.1. The highest BCUT2D eigenvalue weighted by molar-refractivity contribution is 5.73. The second-order valence-electron chi connectivity index (χ2n) is 5.31. The van der Waals surface area contributed by atoms with Gasteiger partial charge in [-0.15, -0.1) is 0 Å². The minimum atomic E-state index is -0.166. The minimum Gasteiger partial charge on any atom is -0.469 e. The molecular weight excluding hydrogens is 232 g/mol. The lowest BCUT2D eigenvalue weighted by molar-refractivity contribution is -0.145. The molecule has 1 saturated carbocycles. The van der Waals surface area contributed by atoms with E-state index in [1.165, 1.54) is 7.11 Å². The van der Waals surface area contributed by atoms with Crippen LogP contribution in [-0.2, 0) is 16.0 Å². The van der Waals surface area contributed by atoms with Crippen molar-refractivity contribution in [2.75, 3.05) is 7.11 Å². The largest absolute Gasteiger partial charge is 0.469 e. The monoisotopic (exact) mass is 252 g/mol. The lowest BCUT2D eigenvalue weighted by atomic mass is 9.96. The number of carbonyl (C=O) groups excluding carboxylic acids is 1. The molecule has 1 aromatic rings. The van der Waals surface area contributed by atoms with Crippen molar-refractivity contribution in [3.8, 4) is 0 Å². The second kappa shape index (κ2) is 5.50. The third kappa shape index (κ3) is 2.71. The summed E-state index contributed by atoms with van der Waals surface area (Å²) in [5.74, 6) is 1.57. The summed E-state index contributed by atoms with van der Waals surface area (Å²) in [6.45, 7) is 4.23. The van der Waals surface area contributed by atoms with E-state index in [0.717, 1.165) is 31.5 Å². The fraction of sp³-hybridized carbons (Fsp3) is 0.769. The summed E-state index contributed by atoms with van der Waals surface area (Å²) in [5.41, 5.74) is 0. The summed E-state index contributed by atoms with van der Waals surface area (Å²) in [6, 6.07) is 0. The van der Waals surface area contributed by atoms with Crippen molar-refractivity contribution in [3.63, 3.8) is 0 Å². The quantitative estimate of drug-likeness (QED) is 0.769. The maximum atomic E-state index is 11.7. The topological polar surface area (TPSA) is 65.2 Å². The number of rotatable bonds is 4. The van der Waals surface area contributed by atoms with Gasteiger partial charge in [0, 0.05) is 6.42 Å². The highest BCUT2D eigenvalue weighted by Crippen LogP contribution is 2.39. The molecule has 0 aliphatic heterocycles. The van der Waals surface area contributed by atoms with Crippen molar-refractivity contribution >= 4 is 5.97 Å². The van der Waals surface area contributed by atoms with Crippen LogP contribution >= 0.6 is 0 Å². The van der Waals surface area contributed by atoms with E-state index in [2.05, 4.69) is 24.0 Å². The van der Waals surface area contributed by atoms with E-state index in [-0.39, 0.29) is 17.8 Å². The molecule has 1 fully saturated rings. The molecule has 0 spiro atoms. The molecule has 5 heteroatoms. The van der Waals surface area contributed by atoms with E-state index < -0.39 is 0 Å². The molecule has 1 aromatic heterocycles. The second-order valence-corrected chi connectivity index (χ2v) is 5.31. The van der Waals surface area contributed by atoms with Crippen LogP contribution in [0.25, 0.3) is 0 Å². The van der Waals surface area contributed by atoms with Crippen LogP contribution in [0.1, 0.15) is 50.7 Å². The van der Waals surface area contributed by atoms with Crippen molar-refractivity contribution in [2.24, 2.45) is 11.8 Å². The number of ether oxygens (including phenoxy) is 1. The molecule has 0 N–H and O–H groups in total. The Labute approximate surface area is 107 Å². The number of methoxy groups -OCH3 is 1. The minimum absolute atomic E-state index is 0.0332. The number of esters is 1. The fourth-order valence-corrected chi connectivity index (χ4v) is 2.56. The predicted octanol–water partition coefficient (Wildman–Crippen LogP) is 2.32. The van der Waals surface area contributed by atoms with E-state index in [0.29, 0.717) is 11.8 Å². The SMILES string of the molecule is COC(=O)[C@@H]1CCC[C@H]1c1nc(CC(C)C)no1. The molecule has 5 nitrogen and oxygen atoms in total. The fourth-order valence-electron chi connectivity index (χ4n) is 2.56. The molecule has 1 heterocycles. The number of hydrogen-bond donors (Lipinski definition) is 0. The van der Waals surface area contributed by atoms with E-state index in [9.17, 15) is 4.79 Å². The van der Waals surface area contributed by atoms with Crippen LogP contribution in [0.2, 0.25) is 0 Å². The summed E-state index contributed by atoms with van der Waals surface area (Å²) >= 11 is 0. The molecule has 2 atom stereocenters. The molecular formula is C13H20N2O3. The maximum absolute atomic E-state index is 11.7. The first-order valence-corrected chi connectivity index (χ1v) is 6.52. The Morgan fingerprint density at radius 3 is 2.94 bits per heavy atom. The predicted molar refractivity (Wildman–Crippen MR) is 64.9 cm³/mol. The molecule has 0 bridgehead atoms. The van der Waals surface area contributed by atoms with Gasteiger partial charge in [0.25, 0.3) is 0 Å². The lowest BCUT2D eigenvalue weighted by Crippen LogP contribution is -2.19. The van der Waals surface area contributed by atoms with E-state index in [1.807, 2.05) is 0 Å². The normalized spacial score (nSPS) is 23.6. The van der Waals surface area contributed by atoms with E-state index in [4.69, 9.17) is 9.26 Å². The van der Waals surface area contributed by atoms with Crippen molar-refractivity contribution < 1.29 is 14.1 Å². The van der Waals surface area contributed by atoms with Gasteiger partial charge >= 0.3 is 5.97 Å². The number of nitrogens with zero attached hydrogens (tertiary/aromatic N) is 2. The van der Waals surface area contributed by atoms with Gasteiger partial charge in [0.2, 0.25) is 5.89 Å². The van der Waals surface area contributed by atoms with Gasteiger partial charge in [0.1, 0.15) is 0 Å². The van der Waals surface area contributed by atoms with Crippen LogP contribution in [0, 0.1) is 11.8 Å². The standard InChI is InChI=1S/C13H20N2O3/c1-8(2)7-11-14-12(18-15-11)9-5-4-6-10(9)13(16)17-3/h8-10H,4-7H2,1-3H3/t9-,10-/m1/s1. The van der Waals surface area contributed by atoms with E-state index >= 15 is 0 Å². The zero-order chi connectivity index (χ0) is 13.1. The van der Waals surface area contributed by atoms with Gasteiger partial charge in [-0.2, -0.15) is 4.98 Å². The Bertz CT molecular complexity index is 414. The number of hydrogen-bond acceptors (Lipinski definition) is 5. The van der Waals surface area contributed by atoms with Crippen molar-refractivity contribution in [3.05, 3.63) is 11.7 Å².